The van der Waals surface area contributed by atoms with Gasteiger partial charge in [-0.15, -0.1) is 0 Å². The maximum absolute atomic E-state index is 13.9. The quantitative estimate of drug-likeness (QED) is 0.450. The predicted molar refractivity (Wildman–Crippen MR) is 125 cm³/mol. The van der Waals surface area contributed by atoms with Gasteiger partial charge in [0.05, 0.1) is 11.1 Å². The molecule has 0 radical (unpaired) electrons. The molecule has 1 aliphatic heterocycles. The van der Waals surface area contributed by atoms with Crippen molar-refractivity contribution in [1.29, 1.82) is 0 Å². The van der Waals surface area contributed by atoms with Crippen LogP contribution in [0.2, 0.25) is 0 Å². The van der Waals surface area contributed by atoms with Gasteiger partial charge in [0.15, 0.2) is 0 Å². The zero-order valence-corrected chi connectivity index (χ0v) is 19.0. The van der Waals surface area contributed by atoms with Gasteiger partial charge >= 0.3 is 0 Å². The van der Waals surface area contributed by atoms with Gasteiger partial charge in [-0.1, -0.05) is 13.8 Å². The van der Waals surface area contributed by atoms with Crippen molar-refractivity contribution in [3.8, 4) is 0 Å². The maximum atomic E-state index is 13.9. The van der Waals surface area contributed by atoms with E-state index in [0.29, 0.717) is 35.4 Å². The molecule has 0 fully saturated rings. The molecule has 2 amide bonds. The SMILES string of the molecule is CCN(CC)CCCNC(=O)c1c(C)[nH]c2c1CCC/C2=C1/C(=O)Nc2ccc(F)cc21. The number of allylic oxidation sites excluding steroid dienone is 1. The lowest BCUT2D eigenvalue weighted by atomic mass is 9.86. The Morgan fingerprint density at radius 3 is 2.75 bits per heavy atom. The van der Waals surface area contributed by atoms with Gasteiger partial charge in [0, 0.05) is 29.2 Å². The normalized spacial score (nSPS) is 17.3. The molecule has 0 saturated carbocycles. The summed E-state index contributed by atoms with van der Waals surface area (Å²) in [5.74, 6) is -0.668. The molecule has 1 aromatic heterocycles. The second-order valence-corrected chi connectivity index (χ2v) is 8.47. The third kappa shape index (κ3) is 4.09. The van der Waals surface area contributed by atoms with Gasteiger partial charge < -0.3 is 20.5 Å². The predicted octanol–water partition coefficient (Wildman–Crippen LogP) is 4.12. The fourth-order valence-electron chi connectivity index (χ4n) is 4.88. The van der Waals surface area contributed by atoms with E-state index in [1.807, 2.05) is 6.92 Å². The summed E-state index contributed by atoms with van der Waals surface area (Å²) in [5, 5.41) is 5.90. The Morgan fingerprint density at radius 2 is 2.00 bits per heavy atom. The molecule has 0 saturated heterocycles. The number of nitrogens with one attached hydrogen (secondary N) is 3. The molecule has 4 rings (SSSR count). The molecule has 170 valence electrons. The molecular formula is C25H31FN4O2. The van der Waals surface area contributed by atoms with E-state index < -0.39 is 0 Å². The first-order valence-electron chi connectivity index (χ1n) is 11.5. The number of H-pyrrole nitrogens is 1. The van der Waals surface area contributed by atoms with Crippen molar-refractivity contribution < 1.29 is 14.0 Å². The lowest BCUT2D eigenvalue weighted by Crippen LogP contribution is -2.30. The number of aryl methyl sites for hydroxylation is 1. The van der Waals surface area contributed by atoms with Crippen LogP contribution in [-0.2, 0) is 11.2 Å². The summed E-state index contributed by atoms with van der Waals surface area (Å²) in [4.78, 5) is 31.5. The van der Waals surface area contributed by atoms with Gasteiger partial charge in [0.1, 0.15) is 5.82 Å². The third-order valence-corrected chi connectivity index (χ3v) is 6.53. The fourth-order valence-corrected chi connectivity index (χ4v) is 4.88. The summed E-state index contributed by atoms with van der Waals surface area (Å²) < 4.78 is 13.9. The number of halogens is 1. The molecule has 1 aromatic carbocycles. The monoisotopic (exact) mass is 438 g/mol. The highest BCUT2D eigenvalue weighted by molar-refractivity contribution is 6.36. The van der Waals surface area contributed by atoms with E-state index in [1.54, 1.807) is 6.07 Å². The van der Waals surface area contributed by atoms with Gasteiger partial charge in [0.25, 0.3) is 11.8 Å². The zero-order valence-electron chi connectivity index (χ0n) is 19.0. The number of carbonyl (C=O) groups excluding carboxylic acids is 2. The number of fused-ring (bicyclic) bond motifs is 2. The first-order valence-corrected chi connectivity index (χ1v) is 11.5. The molecule has 6 nitrogen and oxygen atoms in total. The van der Waals surface area contributed by atoms with Crippen molar-refractivity contribution in [2.24, 2.45) is 0 Å². The van der Waals surface area contributed by atoms with Crippen molar-refractivity contribution >= 4 is 28.6 Å². The van der Waals surface area contributed by atoms with Gasteiger partial charge in [-0.2, -0.15) is 0 Å². The largest absolute Gasteiger partial charge is 0.358 e. The summed E-state index contributed by atoms with van der Waals surface area (Å²) in [6.07, 6.45) is 3.22. The molecule has 0 unspecified atom stereocenters. The minimum Gasteiger partial charge on any atom is -0.358 e. The molecule has 2 aliphatic rings. The Bertz CT molecular complexity index is 1080. The standard InChI is InChI=1S/C25H31FN4O2/c1-4-30(5-2)13-7-12-27-24(31)21-15(3)28-23-17(21)8-6-9-18(23)22-19-14-16(26)10-11-20(19)29-25(22)32/h10-11,14,28H,4-9,12-13H2,1-3H3,(H,27,31)(H,29,32)/b22-18-. The zero-order chi connectivity index (χ0) is 22.8. The summed E-state index contributed by atoms with van der Waals surface area (Å²) in [7, 11) is 0. The summed E-state index contributed by atoms with van der Waals surface area (Å²) in [6.45, 7) is 9.77. The van der Waals surface area contributed by atoms with Crippen LogP contribution < -0.4 is 10.6 Å². The van der Waals surface area contributed by atoms with Crippen LogP contribution in [0.5, 0.6) is 0 Å². The molecule has 7 heteroatoms. The molecule has 2 aromatic rings. The number of hydrogen-bond acceptors (Lipinski definition) is 3. The molecule has 0 bridgehead atoms. The van der Waals surface area contributed by atoms with Crippen LogP contribution in [0.4, 0.5) is 10.1 Å². The summed E-state index contributed by atoms with van der Waals surface area (Å²) in [5.41, 5.74) is 5.85. The Hall–Kier alpha value is -2.93. The smallest absolute Gasteiger partial charge is 0.256 e. The van der Waals surface area contributed by atoms with E-state index in [1.165, 1.54) is 12.1 Å². The van der Waals surface area contributed by atoms with Crippen LogP contribution in [0.3, 0.4) is 0 Å². The average molecular weight is 439 g/mol. The Morgan fingerprint density at radius 1 is 1.22 bits per heavy atom. The van der Waals surface area contributed by atoms with Gasteiger partial charge in [-0.3, -0.25) is 9.59 Å². The van der Waals surface area contributed by atoms with E-state index in [-0.39, 0.29) is 17.6 Å². The van der Waals surface area contributed by atoms with E-state index in [9.17, 15) is 14.0 Å². The number of aromatic amines is 1. The second kappa shape index (κ2) is 9.28. The number of benzene rings is 1. The van der Waals surface area contributed by atoms with Crippen molar-refractivity contribution in [2.45, 2.75) is 46.5 Å². The molecule has 32 heavy (non-hydrogen) atoms. The van der Waals surface area contributed by atoms with E-state index in [2.05, 4.69) is 34.4 Å². The van der Waals surface area contributed by atoms with E-state index in [0.717, 1.165) is 61.4 Å². The highest BCUT2D eigenvalue weighted by Crippen LogP contribution is 2.43. The van der Waals surface area contributed by atoms with Crippen LogP contribution in [-0.4, -0.2) is 47.9 Å². The fraction of sp³-hybridized carbons (Fsp3) is 0.440. The average Bonchev–Trinajstić information content (AvgIpc) is 3.28. The van der Waals surface area contributed by atoms with Gasteiger partial charge in [-0.05, 0) is 81.6 Å². The number of aromatic nitrogens is 1. The van der Waals surface area contributed by atoms with Crippen molar-refractivity contribution in [2.75, 3.05) is 31.5 Å². The van der Waals surface area contributed by atoms with E-state index in [4.69, 9.17) is 0 Å². The van der Waals surface area contributed by atoms with Crippen LogP contribution in [0, 0.1) is 12.7 Å². The topological polar surface area (TPSA) is 77.2 Å². The van der Waals surface area contributed by atoms with E-state index >= 15 is 0 Å². The lowest BCUT2D eigenvalue weighted by Gasteiger charge is -2.19. The Kier molecular flexibility index (Phi) is 6.46. The lowest BCUT2D eigenvalue weighted by molar-refractivity contribution is -0.110. The van der Waals surface area contributed by atoms with Crippen molar-refractivity contribution in [3.63, 3.8) is 0 Å². The number of anilines is 1. The minimum absolute atomic E-state index is 0.0758. The first-order chi connectivity index (χ1) is 15.4. The highest BCUT2D eigenvalue weighted by Gasteiger charge is 2.33. The third-order valence-electron chi connectivity index (χ3n) is 6.53. The van der Waals surface area contributed by atoms with Gasteiger partial charge in [-0.25, -0.2) is 4.39 Å². The number of hydrogen-bond donors (Lipinski definition) is 3. The molecule has 3 N–H and O–H groups in total. The minimum atomic E-state index is -0.373. The first kappa shape index (κ1) is 22.3. The highest BCUT2D eigenvalue weighted by atomic mass is 19.1. The number of carbonyl (C=O) groups is 2. The molecule has 0 atom stereocenters. The second-order valence-electron chi connectivity index (χ2n) is 8.47. The molecule has 0 spiro atoms. The van der Waals surface area contributed by atoms with Gasteiger partial charge in [0.2, 0.25) is 0 Å². The summed E-state index contributed by atoms with van der Waals surface area (Å²) >= 11 is 0. The van der Waals surface area contributed by atoms with Crippen LogP contribution in [0.15, 0.2) is 18.2 Å². The van der Waals surface area contributed by atoms with Crippen molar-refractivity contribution in [3.05, 3.63) is 52.1 Å². The maximum Gasteiger partial charge on any atom is 0.256 e. The van der Waals surface area contributed by atoms with Crippen LogP contribution in [0.1, 0.15) is 66.0 Å². The Balaban J connectivity index is 1.61. The molecular weight excluding hydrogens is 407 g/mol. The van der Waals surface area contributed by atoms with Crippen molar-refractivity contribution in [1.82, 2.24) is 15.2 Å². The summed E-state index contributed by atoms with van der Waals surface area (Å²) in [6, 6.07) is 4.35. The van der Waals surface area contributed by atoms with Crippen LogP contribution >= 0.6 is 0 Å². The molecule has 1 aliphatic carbocycles. The molecule has 2 heterocycles. The number of rotatable bonds is 7. The Labute approximate surface area is 188 Å². The number of nitrogens with zero attached hydrogens (tertiary/aromatic N) is 1. The van der Waals surface area contributed by atoms with Crippen LogP contribution in [0.25, 0.3) is 11.1 Å². The number of amides is 2.